The Hall–Kier alpha value is -2.22. The number of carbonyl (C=O) groups is 2. The molecule has 1 rings (SSSR count). The second kappa shape index (κ2) is 6.80. The molecule has 0 saturated carbocycles. The van der Waals surface area contributed by atoms with Crippen LogP contribution in [0.1, 0.15) is 24.9 Å². The lowest BCUT2D eigenvalue weighted by Gasteiger charge is -2.21. The number of nitrogens with zero attached hydrogens (tertiary/aromatic N) is 2. The fraction of sp³-hybridized carbons (Fsp3) is 0.500. The summed E-state index contributed by atoms with van der Waals surface area (Å²) in [4.78, 5) is 30.1. The highest BCUT2D eigenvalue weighted by atomic mass is 16.4. The molecule has 20 heavy (non-hydrogen) atoms. The minimum Gasteiger partial charge on any atom is -0.481 e. The molecule has 1 aromatic heterocycles. The van der Waals surface area contributed by atoms with Gasteiger partial charge in [-0.05, 0) is 19.9 Å². The molecule has 0 saturated heterocycles. The summed E-state index contributed by atoms with van der Waals surface area (Å²) in [5.74, 6) is -0.525. The van der Waals surface area contributed by atoms with Gasteiger partial charge in [0.1, 0.15) is 5.82 Å². The Balaban J connectivity index is 2.35. The predicted molar refractivity (Wildman–Crippen MR) is 69.9 cm³/mol. The lowest BCUT2D eigenvalue weighted by molar-refractivity contribution is -0.141. The number of hydrogen-bond acceptors (Lipinski definition) is 5. The lowest BCUT2D eigenvalue weighted by Crippen LogP contribution is -2.45. The first kappa shape index (κ1) is 15.8. The standard InChI is InChI=1S/C12H18N4O4/c1-8-13-4-3-9(16-8)6-14-11(19)15-7-12(2,20)5-10(17)18/h3-4,20H,5-7H2,1-2H3,(H,17,18)(H2,14,15,19). The highest BCUT2D eigenvalue weighted by Crippen LogP contribution is 2.07. The second-order valence-corrected chi connectivity index (χ2v) is 4.70. The summed E-state index contributed by atoms with van der Waals surface area (Å²) in [6, 6.07) is 1.17. The predicted octanol–water partition coefficient (Wildman–Crippen LogP) is -0.190. The molecule has 0 aliphatic carbocycles. The summed E-state index contributed by atoms with van der Waals surface area (Å²) in [5.41, 5.74) is -0.834. The Morgan fingerprint density at radius 1 is 1.40 bits per heavy atom. The Kier molecular flexibility index (Phi) is 5.39. The Bertz CT molecular complexity index is 490. The number of rotatable bonds is 6. The molecule has 1 unspecified atom stereocenters. The molecule has 2 amide bonds. The number of aliphatic hydroxyl groups is 1. The van der Waals surface area contributed by atoms with Gasteiger partial charge in [-0.3, -0.25) is 4.79 Å². The number of carbonyl (C=O) groups excluding carboxylic acids is 1. The highest BCUT2D eigenvalue weighted by Gasteiger charge is 2.24. The third-order valence-corrected chi connectivity index (χ3v) is 2.43. The van der Waals surface area contributed by atoms with Gasteiger partial charge >= 0.3 is 12.0 Å². The summed E-state index contributed by atoms with van der Waals surface area (Å²) >= 11 is 0. The van der Waals surface area contributed by atoms with Crippen LogP contribution in [0.3, 0.4) is 0 Å². The summed E-state index contributed by atoms with van der Waals surface area (Å²) < 4.78 is 0. The van der Waals surface area contributed by atoms with Crippen molar-refractivity contribution in [3.8, 4) is 0 Å². The molecule has 0 bridgehead atoms. The molecule has 8 heteroatoms. The number of amides is 2. The maximum absolute atomic E-state index is 11.5. The smallest absolute Gasteiger partial charge is 0.315 e. The monoisotopic (exact) mass is 282 g/mol. The Labute approximate surface area is 116 Å². The third-order valence-electron chi connectivity index (χ3n) is 2.43. The van der Waals surface area contributed by atoms with Crippen LogP contribution in [0.4, 0.5) is 4.79 Å². The van der Waals surface area contributed by atoms with Crippen LogP contribution in [0.25, 0.3) is 0 Å². The maximum atomic E-state index is 11.5. The van der Waals surface area contributed by atoms with Crippen molar-refractivity contribution in [2.24, 2.45) is 0 Å². The Morgan fingerprint density at radius 3 is 2.70 bits per heavy atom. The number of hydrogen-bond donors (Lipinski definition) is 4. The molecule has 0 aliphatic heterocycles. The first-order valence-electron chi connectivity index (χ1n) is 6.03. The lowest BCUT2D eigenvalue weighted by atomic mass is 10.0. The van der Waals surface area contributed by atoms with Gasteiger partial charge in [0.15, 0.2) is 0 Å². The van der Waals surface area contributed by atoms with Gasteiger partial charge < -0.3 is 20.8 Å². The van der Waals surface area contributed by atoms with Crippen LogP contribution in [-0.2, 0) is 11.3 Å². The van der Waals surface area contributed by atoms with E-state index in [0.717, 1.165) is 0 Å². The Morgan fingerprint density at radius 2 is 2.10 bits per heavy atom. The number of aryl methyl sites for hydroxylation is 1. The van der Waals surface area contributed by atoms with Crippen LogP contribution in [0.2, 0.25) is 0 Å². The van der Waals surface area contributed by atoms with E-state index in [2.05, 4.69) is 20.6 Å². The summed E-state index contributed by atoms with van der Waals surface area (Å²) in [7, 11) is 0. The minimum atomic E-state index is -1.49. The van der Waals surface area contributed by atoms with Crippen molar-refractivity contribution in [1.82, 2.24) is 20.6 Å². The van der Waals surface area contributed by atoms with Crippen LogP contribution >= 0.6 is 0 Å². The zero-order chi connectivity index (χ0) is 15.2. The van der Waals surface area contributed by atoms with Crippen molar-refractivity contribution >= 4 is 12.0 Å². The molecular weight excluding hydrogens is 264 g/mol. The SMILES string of the molecule is Cc1nccc(CNC(=O)NCC(C)(O)CC(=O)O)n1. The van der Waals surface area contributed by atoms with Gasteiger partial charge in [0, 0.05) is 12.7 Å². The van der Waals surface area contributed by atoms with Crippen molar-refractivity contribution < 1.29 is 19.8 Å². The molecule has 110 valence electrons. The van der Waals surface area contributed by atoms with Crippen molar-refractivity contribution in [2.75, 3.05) is 6.54 Å². The van der Waals surface area contributed by atoms with E-state index >= 15 is 0 Å². The number of carboxylic acid groups (broad SMARTS) is 1. The van der Waals surface area contributed by atoms with E-state index in [4.69, 9.17) is 5.11 Å². The van der Waals surface area contributed by atoms with E-state index in [9.17, 15) is 14.7 Å². The number of nitrogens with one attached hydrogen (secondary N) is 2. The van der Waals surface area contributed by atoms with Gasteiger partial charge in [0.05, 0.1) is 24.3 Å². The maximum Gasteiger partial charge on any atom is 0.315 e. The molecule has 0 radical (unpaired) electrons. The fourth-order valence-electron chi connectivity index (χ4n) is 1.50. The molecule has 0 fully saturated rings. The number of aromatic nitrogens is 2. The molecule has 1 heterocycles. The molecule has 0 aliphatic rings. The molecule has 1 aromatic rings. The fourth-order valence-corrected chi connectivity index (χ4v) is 1.50. The average Bonchev–Trinajstić information content (AvgIpc) is 2.32. The van der Waals surface area contributed by atoms with Crippen LogP contribution in [-0.4, -0.2) is 44.3 Å². The van der Waals surface area contributed by atoms with Gasteiger partial charge in [0.2, 0.25) is 0 Å². The zero-order valence-electron chi connectivity index (χ0n) is 11.4. The molecular formula is C12H18N4O4. The van der Waals surface area contributed by atoms with Gasteiger partial charge in [0.25, 0.3) is 0 Å². The van der Waals surface area contributed by atoms with Crippen molar-refractivity contribution in [2.45, 2.75) is 32.4 Å². The molecule has 1 atom stereocenters. The van der Waals surface area contributed by atoms with Gasteiger partial charge in [-0.25, -0.2) is 14.8 Å². The third kappa shape index (κ3) is 6.10. The number of urea groups is 1. The van der Waals surface area contributed by atoms with E-state index in [1.807, 2.05) is 0 Å². The van der Waals surface area contributed by atoms with E-state index in [1.54, 1.807) is 19.2 Å². The van der Waals surface area contributed by atoms with Crippen molar-refractivity contribution in [3.05, 3.63) is 23.8 Å². The summed E-state index contributed by atoms with van der Waals surface area (Å²) in [6.45, 7) is 3.14. The van der Waals surface area contributed by atoms with E-state index in [1.165, 1.54) is 6.92 Å². The minimum absolute atomic E-state index is 0.159. The molecule has 0 aromatic carbocycles. The van der Waals surface area contributed by atoms with E-state index < -0.39 is 24.0 Å². The van der Waals surface area contributed by atoms with Gasteiger partial charge in [-0.2, -0.15) is 0 Å². The molecule has 0 spiro atoms. The van der Waals surface area contributed by atoms with Crippen molar-refractivity contribution in [1.29, 1.82) is 0 Å². The summed E-state index contributed by atoms with van der Waals surface area (Å²) in [6.07, 6.45) is 1.15. The van der Waals surface area contributed by atoms with Gasteiger partial charge in [-0.15, -0.1) is 0 Å². The highest BCUT2D eigenvalue weighted by molar-refractivity contribution is 5.74. The number of aliphatic carboxylic acids is 1. The van der Waals surface area contributed by atoms with Gasteiger partial charge in [-0.1, -0.05) is 0 Å². The van der Waals surface area contributed by atoms with Crippen LogP contribution in [0.5, 0.6) is 0 Å². The van der Waals surface area contributed by atoms with Crippen LogP contribution in [0, 0.1) is 6.92 Å². The van der Waals surface area contributed by atoms with E-state index in [0.29, 0.717) is 11.5 Å². The molecule has 4 N–H and O–H groups in total. The normalized spacial score (nSPS) is 13.3. The topological polar surface area (TPSA) is 124 Å². The summed E-state index contributed by atoms with van der Waals surface area (Å²) in [5, 5.41) is 23.3. The first-order chi connectivity index (χ1) is 9.28. The second-order valence-electron chi connectivity index (χ2n) is 4.70. The first-order valence-corrected chi connectivity index (χ1v) is 6.03. The largest absolute Gasteiger partial charge is 0.481 e. The van der Waals surface area contributed by atoms with Crippen LogP contribution in [0.15, 0.2) is 12.3 Å². The quantitative estimate of drug-likeness (QED) is 0.573. The van der Waals surface area contributed by atoms with Crippen LogP contribution < -0.4 is 10.6 Å². The van der Waals surface area contributed by atoms with Crippen molar-refractivity contribution in [3.63, 3.8) is 0 Å². The molecule has 8 nitrogen and oxygen atoms in total. The average molecular weight is 282 g/mol. The zero-order valence-corrected chi connectivity index (χ0v) is 11.4. The van der Waals surface area contributed by atoms with E-state index in [-0.39, 0.29) is 13.1 Å². The number of carboxylic acids is 1.